The number of nitrogens with zero attached hydrogens (tertiary/aromatic N) is 2. The zero-order valence-corrected chi connectivity index (χ0v) is 12.1. The highest BCUT2D eigenvalue weighted by Crippen LogP contribution is 2.32. The number of carbonyl (C=O) groups is 1. The highest BCUT2D eigenvalue weighted by Gasteiger charge is 2.15. The zero-order valence-electron chi connectivity index (χ0n) is 10.5. The number of halogens is 1. The Morgan fingerprint density at radius 1 is 1.40 bits per heavy atom. The molecule has 0 bridgehead atoms. The van der Waals surface area contributed by atoms with Crippen LogP contribution in [0.5, 0.6) is 11.5 Å². The first-order chi connectivity index (χ1) is 9.72. The van der Waals surface area contributed by atoms with Crippen LogP contribution in [0.2, 0.25) is 0 Å². The minimum atomic E-state index is -0.144. The molecule has 1 N–H and O–H groups in total. The molecular formula is C13H12BrN3O3. The van der Waals surface area contributed by atoms with Crippen molar-refractivity contribution in [1.82, 2.24) is 15.1 Å². The summed E-state index contributed by atoms with van der Waals surface area (Å²) in [4.78, 5) is 12.0. The Kier molecular flexibility index (Phi) is 3.60. The predicted molar refractivity (Wildman–Crippen MR) is 74.8 cm³/mol. The molecule has 0 unspecified atom stereocenters. The summed E-state index contributed by atoms with van der Waals surface area (Å²) >= 11 is 3.32. The zero-order chi connectivity index (χ0) is 13.9. The van der Waals surface area contributed by atoms with Crippen LogP contribution >= 0.6 is 15.9 Å². The molecule has 104 valence electrons. The van der Waals surface area contributed by atoms with Crippen molar-refractivity contribution in [3.63, 3.8) is 0 Å². The van der Waals surface area contributed by atoms with E-state index in [0.717, 1.165) is 4.47 Å². The van der Waals surface area contributed by atoms with E-state index in [2.05, 4.69) is 26.3 Å². The van der Waals surface area contributed by atoms with Crippen LogP contribution < -0.4 is 14.8 Å². The second kappa shape index (κ2) is 5.54. The molecule has 0 spiro atoms. The molecule has 0 fully saturated rings. The Morgan fingerprint density at radius 2 is 2.25 bits per heavy atom. The van der Waals surface area contributed by atoms with E-state index in [4.69, 9.17) is 9.47 Å². The number of ether oxygens (including phenoxy) is 2. The van der Waals surface area contributed by atoms with Crippen LogP contribution in [-0.2, 0) is 6.54 Å². The molecule has 20 heavy (non-hydrogen) atoms. The summed E-state index contributed by atoms with van der Waals surface area (Å²) in [6.07, 6.45) is 3.56. The van der Waals surface area contributed by atoms with Crippen LogP contribution in [0.4, 0.5) is 0 Å². The first-order valence-corrected chi connectivity index (χ1v) is 6.87. The van der Waals surface area contributed by atoms with E-state index in [-0.39, 0.29) is 12.7 Å². The van der Waals surface area contributed by atoms with Crippen LogP contribution in [0.1, 0.15) is 10.4 Å². The Bertz CT molecular complexity index is 642. The molecule has 1 amide bonds. The van der Waals surface area contributed by atoms with Crippen LogP contribution in [0.15, 0.2) is 35.1 Å². The topological polar surface area (TPSA) is 65.4 Å². The van der Waals surface area contributed by atoms with Crippen molar-refractivity contribution < 1.29 is 14.3 Å². The number of nitrogens with one attached hydrogen (secondary N) is 1. The van der Waals surface area contributed by atoms with Crippen molar-refractivity contribution in [2.24, 2.45) is 0 Å². The lowest BCUT2D eigenvalue weighted by Crippen LogP contribution is -2.27. The fourth-order valence-electron chi connectivity index (χ4n) is 1.88. The molecular weight excluding hydrogens is 326 g/mol. The number of carbonyl (C=O) groups excluding carboxylic acids is 1. The summed E-state index contributed by atoms with van der Waals surface area (Å²) in [5, 5.41) is 6.95. The van der Waals surface area contributed by atoms with Gasteiger partial charge in [0.05, 0.1) is 17.2 Å². The van der Waals surface area contributed by atoms with Crippen molar-refractivity contribution in [1.29, 1.82) is 0 Å². The van der Waals surface area contributed by atoms with E-state index < -0.39 is 0 Å². The summed E-state index contributed by atoms with van der Waals surface area (Å²) in [5.41, 5.74) is 0.552. The van der Waals surface area contributed by atoms with E-state index in [1.807, 2.05) is 6.20 Å². The number of amides is 1. The molecule has 0 saturated heterocycles. The van der Waals surface area contributed by atoms with Gasteiger partial charge in [-0.25, -0.2) is 0 Å². The van der Waals surface area contributed by atoms with Gasteiger partial charge in [0.25, 0.3) is 5.91 Å². The lowest BCUT2D eigenvalue weighted by Gasteiger charge is -2.06. The predicted octanol–water partition coefficient (Wildman–Crippen LogP) is 1.80. The molecule has 1 aromatic carbocycles. The van der Waals surface area contributed by atoms with Gasteiger partial charge in [-0.3, -0.25) is 9.48 Å². The van der Waals surface area contributed by atoms with Gasteiger partial charge in [-0.1, -0.05) is 0 Å². The summed E-state index contributed by atoms with van der Waals surface area (Å²) in [7, 11) is 0. The Morgan fingerprint density at radius 3 is 3.05 bits per heavy atom. The molecule has 7 heteroatoms. The average Bonchev–Trinajstić information content (AvgIpc) is 3.06. The maximum absolute atomic E-state index is 12.0. The standard InChI is InChI=1S/C13H12BrN3O3/c14-10-6-16-17(7-10)4-3-15-13(18)9-1-2-11-12(5-9)20-8-19-11/h1-2,5-7H,3-4,8H2,(H,15,18). The minimum Gasteiger partial charge on any atom is -0.454 e. The third-order valence-electron chi connectivity index (χ3n) is 2.86. The number of aromatic nitrogens is 2. The number of rotatable bonds is 4. The van der Waals surface area contributed by atoms with Gasteiger partial charge in [0, 0.05) is 18.3 Å². The van der Waals surface area contributed by atoms with Crippen LogP contribution in [0.3, 0.4) is 0 Å². The van der Waals surface area contributed by atoms with E-state index >= 15 is 0 Å². The van der Waals surface area contributed by atoms with Gasteiger partial charge in [-0.2, -0.15) is 5.10 Å². The Labute approximate surface area is 123 Å². The quantitative estimate of drug-likeness (QED) is 0.923. The van der Waals surface area contributed by atoms with E-state index in [9.17, 15) is 4.79 Å². The van der Waals surface area contributed by atoms with Gasteiger partial charge in [0.1, 0.15) is 0 Å². The molecule has 1 aromatic heterocycles. The fourth-order valence-corrected chi connectivity index (χ4v) is 2.21. The normalized spacial score (nSPS) is 12.4. The SMILES string of the molecule is O=C(NCCn1cc(Br)cn1)c1ccc2c(c1)OCO2. The van der Waals surface area contributed by atoms with Crippen LogP contribution in [-0.4, -0.2) is 29.0 Å². The van der Waals surface area contributed by atoms with Crippen molar-refractivity contribution in [2.75, 3.05) is 13.3 Å². The third kappa shape index (κ3) is 2.77. The molecule has 1 aliphatic heterocycles. The van der Waals surface area contributed by atoms with Crippen molar-refractivity contribution in [2.45, 2.75) is 6.54 Å². The molecule has 3 rings (SSSR count). The van der Waals surface area contributed by atoms with Gasteiger partial charge in [0.2, 0.25) is 6.79 Å². The Hall–Kier alpha value is -2.02. The van der Waals surface area contributed by atoms with Crippen molar-refractivity contribution >= 4 is 21.8 Å². The smallest absolute Gasteiger partial charge is 0.251 e. The van der Waals surface area contributed by atoms with Gasteiger partial charge in [-0.05, 0) is 34.1 Å². The van der Waals surface area contributed by atoms with Crippen molar-refractivity contribution in [3.8, 4) is 11.5 Å². The largest absolute Gasteiger partial charge is 0.454 e. The maximum Gasteiger partial charge on any atom is 0.251 e. The lowest BCUT2D eigenvalue weighted by molar-refractivity contribution is 0.0951. The van der Waals surface area contributed by atoms with E-state index in [0.29, 0.717) is 30.2 Å². The average molecular weight is 338 g/mol. The van der Waals surface area contributed by atoms with Gasteiger partial charge < -0.3 is 14.8 Å². The molecule has 6 nitrogen and oxygen atoms in total. The summed E-state index contributed by atoms with van der Waals surface area (Å²) in [6.45, 7) is 1.32. The Balaban J connectivity index is 1.56. The fraction of sp³-hybridized carbons (Fsp3) is 0.231. The van der Waals surface area contributed by atoms with Crippen LogP contribution in [0, 0.1) is 0 Å². The molecule has 1 aliphatic rings. The molecule has 2 aromatic rings. The molecule has 0 saturated carbocycles. The monoisotopic (exact) mass is 337 g/mol. The van der Waals surface area contributed by atoms with Gasteiger partial charge in [0.15, 0.2) is 11.5 Å². The maximum atomic E-state index is 12.0. The lowest BCUT2D eigenvalue weighted by atomic mass is 10.2. The summed E-state index contributed by atoms with van der Waals surface area (Å²) in [5.74, 6) is 1.13. The first-order valence-electron chi connectivity index (χ1n) is 6.08. The van der Waals surface area contributed by atoms with Gasteiger partial charge in [-0.15, -0.1) is 0 Å². The molecule has 0 aliphatic carbocycles. The van der Waals surface area contributed by atoms with Crippen molar-refractivity contribution in [3.05, 3.63) is 40.6 Å². The van der Waals surface area contributed by atoms with Gasteiger partial charge >= 0.3 is 0 Å². The molecule has 0 atom stereocenters. The highest BCUT2D eigenvalue weighted by molar-refractivity contribution is 9.10. The second-order valence-corrected chi connectivity index (χ2v) is 5.16. The van der Waals surface area contributed by atoms with E-state index in [1.54, 1.807) is 29.1 Å². The minimum absolute atomic E-state index is 0.144. The van der Waals surface area contributed by atoms with E-state index in [1.165, 1.54) is 0 Å². The molecule has 2 heterocycles. The summed E-state index contributed by atoms with van der Waals surface area (Å²) in [6, 6.07) is 5.14. The highest BCUT2D eigenvalue weighted by atomic mass is 79.9. The number of benzene rings is 1. The van der Waals surface area contributed by atoms with Crippen LogP contribution in [0.25, 0.3) is 0 Å². The number of hydrogen-bond donors (Lipinski definition) is 1. The summed E-state index contributed by atoms with van der Waals surface area (Å²) < 4.78 is 13.1. The number of hydrogen-bond acceptors (Lipinski definition) is 4. The molecule has 0 radical (unpaired) electrons. The first kappa shape index (κ1) is 13.0. The third-order valence-corrected chi connectivity index (χ3v) is 3.27. The number of fused-ring (bicyclic) bond motifs is 1. The second-order valence-electron chi connectivity index (χ2n) is 4.25.